The molecule has 0 fully saturated rings. The van der Waals surface area contributed by atoms with Crippen molar-refractivity contribution in [3.8, 4) is 0 Å². The van der Waals surface area contributed by atoms with Gasteiger partial charge in [-0.3, -0.25) is 5.41 Å². The van der Waals surface area contributed by atoms with E-state index in [-0.39, 0.29) is 5.84 Å². The van der Waals surface area contributed by atoms with Gasteiger partial charge >= 0.3 is 0 Å². The highest BCUT2D eigenvalue weighted by molar-refractivity contribution is 5.95. The summed E-state index contributed by atoms with van der Waals surface area (Å²) in [5.74, 6) is 0.911. The van der Waals surface area contributed by atoms with Gasteiger partial charge in [0.05, 0.1) is 0 Å². The number of rotatable bonds is 6. The van der Waals surface area contributed by atoms with Crippen LogP contribution < -0.4 is 10.6 Å². The summed E-state index contributed by atoms with van der Waals surface area (Å²) in [5.41, 5.74) is 7.07. The number of aryl methyl sites for hydroxylation is 1. The summed E-state index contributed by atoms with van der Waals surface area (Å²) < 4.78 is 5.01. The van der Waals surface area contributed by atoms with Crippen molar-refractivity contribution in [1.82, 2.24) is 4.98 Å². The number of amidine groups is 1. The van der Waals surface area contributed by atoms with E-state index in [1.807, 2.05) is 31.0 Å². The lowest BCUT2D eigenvalue weighted by molar-refractivity contribution is 0.196. The Morgan fingerprint density at radius 2 is 2.24 bits per heavy atom. The van der Waals surface area contributed by atoms with Gasteiger partial charge in [-0.1, -0.05) is 0 Å². The predicted molar refractivity (Wildman–Crippen MR) is 69.8 cm³/mol. The summed E-state index contributed by atoms with van der Waals surface area (Å²) in [5, 5.41) is 7.45. The van der Waals surface area contributed by atoms with Gasteiger partial charge in [-0.2, -0.15) is 0 Å². The predicted octanol–water partition coefficient (Wildman–Crippen LogP) is 1.15. The number of anilines is 1. The molecule has 3 N–H and O–H groups in total. The number of hydrogen-bond acceptors (Lipinski definition) is 4. The summed E-state index contributed by atoms with van der Waals surface area (Å²) in [6, 6.07) is 3.65. The summed E-state index contributed by atoms with van der Waals surface area (Å²) in [6.45, 7) is 3.50. The van der Waals surface area contributed by atoms with Gasteiger partial charge in [0.25, 0.3) is 0 Å². The molecule has 0 radical (unpaired) electrons. The van der Waals surface area contributed by atoms with E-state index in [4.69, 9.17) is 15.9 Å². The molecule has 5 nitrogen and oxygen atoms in total. The van der Waals surface area contributed by atoms with E-state index in [1.165, 1.54) is 0 Å². The molecule has 0 saturated carbocycles. The van der Waals surface area contributed by atoms with Crippen LogP contribution in [0.2, 0.25) is 0 Å². The normalized spacial score (nSPS) is 10.3. The summed E-state index contributed by atoms with van der Waals surface area (Å²) >= 11 is 0. The minimum absolute atomic E-state index is 0.0713. The quantitative estimate of drug-likeness (QED) is 0.441. The number of nitrogen functional groups attached to an aromatic ring is 1. The van der Waals surface area contributed by atoms with Gasteiger partial charge in [0.15, 0.2) is 0 Å². The van der Waals surface area contributed by atoms with E-state index in [0.717, 1.165) is 31.1 Å². The van der Waals surface area contributed by atoms with Crippen molar-refractivity contribution >= 4 is 11.7 Å². The van der Waals surface area contributed by atoms with Crippen molar-refractivity contribution in [2.75, 3.05) is 32.2 Å². The molecule has 0 aliphatic carbocycles. The third-order valence-corrected chi connectivity index (χ3v) is 2.48. The molecular weight excluding hydrogens is 216 g/mol. The Hall–Kier alpha value is -1.62. The molecule has 0 unspecified atom stereocenters. The van der Waals surface area contributed by atoms with E-state index in [9.17, 15) is 0 Å². The van der Waals surface area contributed by atoms with E-state index in [1.54, 1.807) is 7.11 Å². The van der Waals surface area contributed by atoms with Crippen molar-refractivity contribution in [3.05, 3.63) is 23.4 Å². The Kier molecular flexibility index (Phi) is 4.90. The Labute approximate surface area is 102 Å². The van der Waals surface area contributed by atoms with Crippen LogP contribution in [0.4, 0.5) is 5.82 Å². The van der Waals surface area contributed by atoms with Crippen molar-refractivity contribution in [2.24, 2.45) is 5.73 Å². The topological polar surface area (TPSA) is 75.2 Å². The van der Waals surface area contributed by atoms with Crippen LogP contribution in [-0.2, 0) is 4.74 Å². The Bertz CT molecular complexity index is 392. The van der Waals surface area contributed by atoms with Crippen LogP contribution >= 0.6 is 0 Å². The molecule has 0 spiro atoms. The highest BCUT2D eigenvalue weighted by atomic mass is 16.5. The van der Waals surface area contributed by atoms with E-state index >= 15 is 0 Å². The first-order valence-electron chi connectivity index (χ1n) is 5.57. The maximum absolute atomic E-state index is 7.45. The lowest BCUT2D eigenvalue weighted by Crippen LogP contribution is -2.22. The van der Waals surface area contributed by atoms with Crippen molar-refractivity contribution in [3.63, 3.8) is 0 Å². The zero-order valence-electron chi connectivity index (χ0n) is 10.7. The molecular formula is C12H20N4O. The molecule has 1 rings (SSSR count). The number of nitrogens with zero attached hydrogens (tertiary/aromatic N) is 2. The van der Waals surface area contributed by atoms with Crippen LogP contribution in [0.3, 0.4) is 0 Å². The number of aromatic nitrogens is 1. The Balaban J connectivity index is 2.78. The SMILES string of the molecule is COCCCN(C)c1cc(C(=N)N)cc(C)n1. The fraction of sp³-hybridized carbons (Fsp3) is 0.500. The average Bonchev–Trinajstić information content (AvgIpc) is 2.28. The first-order chi connectivity index (χ1) is 8.04. The van der Waals surface area contributed by atoms with Gasteiger partial charge in [-0.15, -0.1) is 0 Å². The second kappa shape index (κ2) is 6.20. The molecule has 94 valence electrons. The number of pyridine rings is 1. The molecule has 17 heavy (non-hydrogen) atoms. The van der Waals surface area contributed by atoms with Crippen LogP contribution in [0.1, 0.15) is 17.7 Å². The lowest BCUT2D eigenvalue weighted by atomic mass is 10.2. The molecule has 0 saturated heterocycles. The van der Waals surface area contributed by atoms with Gasteiger partial charge in [-0.25, -0.2) is 4.98 Å². The molecule has 0 atom stereocenters. The minimum Gasteiger partial charge on any atom is -0.385 e. The fourth-order valence-corrected chi connectivity index (χ4v) is 1.56. The maximum Gasteiger partial charge on any atom is 0.129 e. The van der Waals surface area contributed by atoms with Crippen LogP contribution in [0, 0.1) is 12.3 Å². The van der Waals surface area contributed by atoms with Gasteiger partial charge in [-0.05, 0) is 25.5 Å². The van der Waals surface area contributed by atoms with E-state index in [0.29, 0.717) is 5.56 Å². The molecule has 1 aromatic heterocycles. The zero-order valence-corrected chi connectivity index (χ0v) is 10.7. The third kappa shape index (κ3) is 4.03. The number of nitrogens with one attached hydrogen (secondary N) is 1. The van der Waals surface area contributed by atoms with Crippen LogP contribution in [0.15, 0.2) is 12.1 Å². The number of nitrogens with two attached hydrogens (primary N) is 1. The van der Waals surface area contributed by atoms with E-state index < -0.39 is 0 Å². The molecule has 1 heterocycles. The average molecular weight is 236 g/mol. The van der Waals surface area contributed by atoms with Crippen LogP contribution in [-0.4, -0.2) is 38.1 Å². The molecule has 0 amide bonds. The highest BCUT2D eigenvalue weighted by Crippen LogP contribution is 2.13. The second-order valence-electron chi connectivity index (χ2n) is 4.04. The van der Waals surface area contributed by atoms with Crippen molar-refractivity contribution in [1.29, 1.82) is 5.41 Å². The first kappa shape index (κ1) is 13.4. The number of ether oxygens (including phenoxy) is 1. The lowest BCUT2D eigenvalue weighted by Gasteiger charge is -2.19. The monoisotopic (exact) mass is 236 g/mol. The number of hydrogen-bond donors (Lipinski definition) is 2. The highest BCUT2D eigenvalue weighted by Gasteiger charge is 2.06. The van der Waals surface area contributed by atoms with Crippen molar-refractivity contribution < 1.29 is 4.74 Å². The third-order valence-electron chi connectivity index (χ3n) is 2.48. The van der Waals surface area contributed by atoms with Crippen LogP contribution in [0.25, 0.3) is 0 Å². The summed E-state index contributed by atoms with van der Waals surface area (Å²) in [6.07, 6.45) is 0.942. The standard InChI is InChI=1S/C12H20N4O/c1-9-7-10(12(13)14)8-11(15-9)16(2)5-4-6-17-3/h7-8H,4-6H2,1-3H3,(H3,13,14). The summed E-state index contributed by atoms with van der Waals surface area (Å²) in [4.78, 5) is 6.47. The summed E-state index contributed by atoms with van der Waals surface area (Å²) in [7, 11) is 3.67. The number of methoxy groups -OCH3 is 1. The van der Waals surface area contributed by atoms with Gasteiger partial charge in [0.1, 0.15) is 11.7 Å². The zero-order chi connectivity index (χ0) is 12.8. The minimum atomic E-state index is 0.0713. The molecule has 0 aromatic carbocycles. The van der Waals surface area contributed by atoms with Gasteiger partial charge < -0.3 is 15.4 Å². The van der Waals surface area contributed by atoms with Crippen LogP contribution in [0.5, 0.6) is 0 Å². The molecule has 1 aromatic rings. The second-order valence-corrected chi connectivity index (χ2v) is 4.04. The van der Waals surface area contributed by atoms with Gasteiger partial charge in [0.2, 0.25) is 0 Å². The Morgan fingerprint density at radius 3 is 2.82 bits per heavy atom. The van der Waals surface area contributed by atoms with Crippen molar-refractivity contribution in [2.45, 2.75) is 13.3 Å². The molecule has 5 heteroatoms. The molecule has 0 bridgehead atoms. The maximum atomic E-state index is 7.45. The first-order valence-corrected chi connectivity index (χ1v) is 5.57. The largest absolute Gasteiger partial charge is 0.385 e. The molecule has 0 aliphatic rings. The smallest absolute Gasteiger partial charge is 0.129 e. The Morgan fingerprint density at radius 1 is 1.53 bits per heavy atom. The fourth-order valence-electron chi connectivity index (χ4n) is 1.56. The molecule has 0 aliphatic heterocycles. The van der Waals surface area contributed by atoms with E-state index in [2.05, 4.69) is 4.98 Å². The van der Waals surface area contributed by atoms with Gasteiger partial charge in [0, 0.05) is 38.6 Å².